The number of hydrogen-bond acceptors (Lipinski definition) is 5. The lowest BCUT2D eigenvalue weighted by Crippen LogP contribution is -2.44. The number of nitrogens with zero attached hydrogens (tertiary/aromatic N) is 1. The Bertz CT molecular complexity index is 459. The second-order valence-electron chi connectivity index (χ2n) is 5.02. The van der Waals surface area contributed by atoms with Gasteiger partial charge in [0, 0.05) is 11.9 Å². The van der Waals surface area contributed by atoms with Crippen molar-refractivity contribution >= 4 is 23.8 Å². The lowest BCUT2D eigenvalue weighted by Gasteiger charge is -2.21. The van der Waals surface area contributed by atoms with Gasteiger partial charge in [-0.1, -0.05) is 6.07 Å². The Morgan fingerprint density at radius 1 is 1.45 bits per heavy atom. The van der Waals surface area contributed by atoms with E-state index in [-0.39, 0.29) is 5.75 Å². The number of carboxylic acid groups (broad SMARTS) is 1. The largest absolute Gasteiger partial charge is 0.480 e. The van der Waals surface area contributed by atoms with Crippen molar-refractivity contribution in [3.05, 3.63) is 24.4 Å². The number of carbonyl (C=O) groups excluding carboxylic acids is 1. The summed E-state index contributed by atoms with van der Waals surface area (Å²) in [7, 11) is 0. The topological polar surface area (TPSA) is 88.5 Å². The Morgan fingerprint density at radius 2 is 2.15 bits per heavy atom. The minimum atomic E-state index is -1.11. The van der Waals surface area contributed by atoms with Crippen molar-refractivity contribution in [1.29, 1.82) is 0 Å². The van der Waals surface area contributed by atoms with Crippen molar-refractivity contribution in [2.45, 2.75) is 37.4 Å². The Balaban J connectivity index is 2.53. The first-order chi connectivity index (χ1) is 9.28. The zero-order chi connectivity index (χ0) is 15.2. The van der Waals surface area contributed by atoms with Crippen LogP contribution in [0.25, 0.3) is 0 Å². The number of amides is 1. The third-order valence-corrected chi connectivity index (χ3v) is 3.06. The zero-order valence-electron chi connectivity index (χ0n) is 11.6. The van der Waals surface area contributed by atoms with Gasteiger partial charge in [-0.15, -0.1) is 11.8 Å². The van der Waals surface area contributed by atoms with Crippen molar-refractivity contribution in [1.82, 2.24) is 10.3 Å². The molecule has 0 aliphatic heterocycles. The van der Waals surface area contributed by atoms with Crippen LogP contribution in [0.2, 0.25) is 0 Å². The summed E-state index contributed by atoms with van der Waals surface area (Å²) in [5.74, 6) is -0.940. The number of alkyl carbamates (subject to hydrolysis) is 1. The Labute approximate surface area is 121 Å². The SMILES string of the molecule is CC(C)(C)OC(=O)N[C@@H](CSc1ccccn1)C(=O)O. The van der Waals surface area contributed by atoms with E-state index in [1.54, 1.807) is 39.1 Å². The number of rotatable bonds is 5. The van der Waals surface area contributed by atoms with E-state index in [2.05, 4.69) is 10.3 Å². The Morgan fingerprint density at radius 3 is 2.65 bits per heavy atom. The molecule has 0 aliphatic rings. The average Bonchev–Trinajstić information content (AvgIpc) is 2.33. The van der Waals surface area contributed by atoms with Crippen molar-refractivity contribution in [3.63, 3.8) is 0 Å². The van der Waals surface area contributed by atoms with Crippen LogP contribution < -0.4 is 5.32 Å². The van der Waals surface area contributed by atoms with Gasteiger partial charge in [0.25, 0.3) is 0 Å². The van der Waals surface area contributed by atoms with Gasteiger partial charge in [-0.2, -0.15) is 0 Å². The third kappa shape index (κ3) is 6.42. The minimum Gasteiger partial charge on any atom is -0.480 e. The van der Waals surface area contributed by atoms with E-state index >= 15 is 0 Å². The molecule has 1 amide bonds. The van der Waals surface area contributed by atoms with Gasteiger partial charge < -0.3 is 15.2 Å². The van der Waals surface area contributed by atoms with Crippen molar-refractivity contribution in [2.75, 3.05) is 5.75 Å². The molecule has 7 heteroatoms. The molecule has 1 aromatic rings. The molecule has 2 N–H and O–H groups in total. The van der Waals surface area contributed by atoms with E-state index in [0.717, 1.165) is 0 Å². The molecule has 0 aliphatic carbocycles. The number of thioether (sulfide) groups is 1. The van der Waals surface area contributed by atoms with Gasteiger partial charge in [0.1, 0.15) is 11.6 Å². The van der Waals surface area contributed by atoms with Gasteiger partial charge in [-0.05, 0) is 32.9 Å². The summed E-state index contributed by atoms with van der Waals surface area (Å²) in [6.45, 7) is 5.14. The maximum atomic E-state index is 11.6. The first kappa shape index (κ1) is 16.3. The molecule has 1 aromatic heterocycles. The first-order valence-corrected chi connectivity index (χ1v) is 7.02. The monoisotopic (exact) mass is 298 g/mol. The maximum Gasteiger partial charge on any atom is 0.408 e. The number of ether oxygens (including phenoxy) is 1. The predicted octanol–water partition coefficient (Wildman–Crippen LogP) is 2.15. The fraction of sp³-hybridized carbons (Fsp3) is 0.462. The third-order valence-electron chi connectivity index (χ3n) is 2.02. The summed E-state index contributed by atoms with van der Waals surface area (Å²) in [4.78, 5) is 26.8. The standard InChI is InChI=1S/C13H18N2O4S/c1-13(2,3)19-12(18)15-9(11(16)17)8-20-10-6-4-5-7-14-10/h4-7,9H,8H2,1-3H3,(H,15,18)(H,16,17)/t9-/m0/s1. The van der Waals surface area contributed by atoms with Gasteiger partial charge in [0.05, 0.1) is 5.03 Å². The molecule has 0 saturated carbocycles. The van der Waals surface area contributed by atoms with Crippen molar-refractivity contribution < 1.29 is 19.4 Å². The van der Waals surface area contributed by atoms with Crippen molar-refractivity contribution in [3.8, 4) is 0 Å². The zero-order valence-corrected chi connectivity index (χ0v) is 12.4. The molecular formula is C13H18N2O4S. The molecule has 0 fully saturated rings. The van der Waals surface area contributed by atoms with E-state index in [1.807, 2.05) is 6.07 Å². The molecule has 1 heterocycles. The molecule has 0 spiro atoms. The van der Waals surface area contributed by atoms with Crippen LogP contribution in [0.1, 0.15) is 20.8 Å². The molecule has 1 rings (SSSR count). The molecule has 6 nitrogen and oxygen atoms in total. The van der Waals surface area contributed by atoms with Crippen LogP contribution >= 0.6 is 11.8 Å². The highest BCUT2D eigenvalue weighted by molar-refractivity contribution is 7.99. The van der Waals surface area contributed by atoms with Crippen LogP contribution in [0.15, 0.2) is 29.4 Å². The van der Waals surface area contributed by atoms with E-state index < -0.39 is 23.7 Å². The van der Waals surface area contributed by atoms with E-state index in [9.17, 15) is 9.59 Å². The minimum absolute atomic E-state index is 0.172. The van der Waals surface area contributed by atoms with Crippen LogP contribution in [0, 0.1) is 0 Å². The Hall–Kier alpha value is -1.76. The Kier molecular flexibility index (Phi) is 5.82. The number of carbonyl (C=O) groups is 2. The van der Waals surface area contributed by atoms with Crippen LogP contribution in [-0.4, -0.2) is 39.5 Å². The van der Waals surface area contributed by atoms with E-state index in [0.29, 0.717) is 5.03 Å². The number of carboxylic acids is 1. The van der Waals surface area contributed by atoms with Gasteiger partial charge in [-0.25, -0.2) is 14.6 Å². The quantitative estimate of drug-likeness (QED) is 0.810. The number of hydrogen-bond donors (Lipinski definition) is 2. The molecule has 0 aromatic carbocycles. The number of aliphatic carboxylic acids is 1. The molecular weight excluding hydrogens is 280 g/mol. The number of aromatic nitrogens is 1. The summed E-state index contributed by atoms with van der Waals surface area (Å²) in [5, 5.41) is 12.1. The average molecular weight is 298 g/mol. The lowest BCUT2D eigenvalue weighted by atomic mass is 10.2. The van der Waals surface area contributed by atoms with Crippen LogP contribution in [0.3, 0.4) is 0 Å². The van der Waals surface area contributed by atoms with Crippen LogP contribution in [-0.2, 0) is 9.53 Å². The highest BCUT2D eigenvalue weighted by Crippen LogP contribution is 2.15. The summed E-state index contributed by atoms with van der Waals surface area (Å²) in [6.07, 6.45) is 0.880. The molecule has 0 radical (unpaired) electrons. The molecule has 0 saturated heterocycles. The fourth-order valence-electron chi connectivity index (χ4n) is 1.23. The molecule has 0 bridgehead atoms. The second-order valence-corrected chi connectivity index (χ2v) is 6.06. The highest BCUT2D eigenvalue weighted by atomic mass is 32.2. The number of pyridine rings is 1. The van der Waals surface area contributed by atoms with Gasteiger partial charge in [0.15, 0.2) is 0 Å². The smallest absolute Gasteiger partial charge is 0.408 e. The predicted molar refractivity (Wildman–Crippen MR) is 75.8 cm³/mol. The maximum absolute atomic E-state index is 11.6. The van der Waals surface area contributed by atoms with Gasteiger partial charge in [-0.3, -0.25) is 0 Å². The second kappa shape index (κ2) is 7.14. The van der Waals surface area contributed by atoms with E-state index in [1.165, 1.54) is 11.8 Å². The summed E-state index contributed by atoms with van der Waals surface area (Å²) in [5.41, 5.74) is -0.665. The molecule has 1 atom stereocenters. The lowest BCUT2D eigenvalue weighted by molar-refractivity contribution is -0.138. The summed E-state index contributed by atoms with van der Waals surface area (Å²) < 4.78 is 5.03. The molecule has 20 heavy (non-hydrogen) atoms. The normalized spacial score (nSPS) is 12.6. The molecule has 110 valence electrons. The number of nitrogens with one attached hydrogen (secondary N) is 1. The van der Waals surface area contributed by atoms with Gasteiger partial charge >= 0.3 is 12.1 Å². The first-order valence-electron chi connectivity index (χ1n) is 6.04. The molecule has 0 unspecified atom stereocenters. The fourth-order valence-corrected chi connectivity index (χ4v) is 2.10. The van der Waals surface area contributed by atoms with Crippen LogP contribution in [0.5, 0.6) is 0 Å². The summed E-state index contributed by atoms with van der Waals surface area (Å²) >= 11 is 1.25. The van der Waals surface area contributed by atoms with E-state index in [4.69, 9.17) is 9.84 Å². The van der Waals surface area contributed by atoms with Crippen molar-refractivity contribution in [2.24, 2.45) is 0 Å². The van der Waals surface area contributed by atoms with Crippen LogP contribution in [0.4, 0.5) is 4.79 Å². The highest BCUT2D eigenvalue weighted by Gasteiger charge is 2.24. The van der Waals surface area contributed by atoms with Gasteiger partial charge in [0.2, 0.25) is 0 Å². The summed E-state index contributed by atoms with van der Waals surface area (Å²) in [6, 6.07) is 4.33.